The van der Waals surface area contributed by atoms with E-state index in [-0.39, 0.29) is 9.81 Å². The SMILES string of the molecule is COC(=O)C1=C(C(=O)OC)SC(=C2SC3=C(SCCOCCOCCOCCOCCS3)S2)S1. The molecule has 0 aromatic rings. The molecule has 0 saturated heterocycles. The predicted molar refractivity (Wildman–Crippen MR) is 144 cm³/mol. The molecule has 0 amide bonds. The Morgan fingerprint density at radius 1 is 0.559 bits per heavy atom. The van der Waals surface area contributed by atoms with E-state index in [9.17, 15) is 9.59 Å². The van der Waals surface area contributed by atoms with E-state index in [1.807, 2.05) is 0 Å². The number of methoxy groups -OCH3 is 2. The van der Waals surface area contributed by atoms with Gasteiger partial charge in [-0.1, -0.05) is 47.0 Å². The second-order valence-corrected chi connectivity index (χ2v) is 13.7. The zero-order valence-corrected chi connectivity index (χ0v) is 23.7. The Morgan fingerprint density at radius 3 is 1.29 bits per heavy atom. The van der Waals surface area contributed by atoms with Gasteiger partial charge in [0.25, 0.3) is 0 Å². The number of carbonyl (C=O) groups is 2. The van der Waals surface area contributed by atoms with Gasteiger partial charge in [0.05, 0.1) is 84.0 Å². The van der Waals surface area contributed by atoms with Crippen LogP contribution >= 0.6 is 70.6 Å². The van der Waals surface area contributed by atoms with Crippen LogP contribution in [0.5, 0.6) is 0 Å². The second kappa shape index (κ2) is 16.0. The van der Waals surface area contributed by atoms with Crippen molar-refractivity contribution in [3.05, 3.63) is 26.8 Å². The molecule has 14 heteroatoms. The molecular weight excluding hydrogens is 561 g/mol. The van der Waals surface area contributed by atoms with Crippen molar-refractivity contribution in [2.75, 3.05) is 78.6 Å². The van der Waals surface area contributed by atoms with E-state index in [1.54, 1.807) is 47.0 Å². The van der Waals surface area contributed by atoms with Crippen LogP contribution in [0, 0.1) is 0 Å². The molecule has 8 nitrogen and oxygen atoms in total. The third kappa shape index (κ3) is 8.89. The maximum absolute atomic E-state index is 12.2. The maximum Gasteiger partial charge on any atom is 0.346 e. The van der Waals surface area contributed by atoms with Gasteiger partial charge in [-0.05, 0) is 0 Å². The quantitative estimate of drug-likeness (QED) is 0.431. The van der Waals surface area contributed by atoms with Crippen molar-refractivity contribution in [2.24, 2.45) is 0 Å². The summed E-state index contributed by atoms with van der Waals surface area (Å²) in [5.41, 5.74) is 0. The standard InChI is InChI=1S/C20H26O8S6/c1-23-15(21)13-14(16(22)24-2)32-19(31-13)20-33-17-18(34-20)30-12-10-28-8-6-26-4-3-25-5-7-27-9-11-29-17/h3-12H2,1-2H3. The Hall–Kier alpha value is 0.1000. The van der Waals surface area contributed by atoms with Gasteiger partial charge in [0.1, 0.15) is 9.81 Å². The Morgan fingerprint density at radius 2 is 0.912 bits per heavy atom. The zero-order chi connectivity index (χ0) is 24.2. The molecule has 3 heterocycles. The summed E-state index contributed by atoms with van der Waals surface area (Å²) in [6, 6.07) is 0. The monoisotopic (exact) mass is 586 g/mol. The molecule has 0 N–H and O–H groups in total. The Balaban J connectivity index is 1.66. The fourth-order valence-electron chi connectivity index (χ4n) is 2.52. The molecule has 0 aliphatic carbocycles. The van der Waals surface area contributed by atoms with E-state index in [4.69, 9.17) is 28.4 Å². The third-order valence-corrected chi connectivity index (χ3v) is 12.6. The van der Waals surface area contributed by atoms with E-state index in [2.05, 4.69) is 0 Å². The average molecular weight is 587 g/mol. The minimum Gasteiger partial charge on any atom is -0.465 e. The summed E-state index contributed by atoms with van der Waals surface area (Å²) in [5.74, 6) is 0.554. The van der Waals surface area contributed by atoms with Gasteiger partial charge in [-0.2, -0.15) is 0 Å². The topological polar surface area (TPSA) is 89.5 Å². The van der Waals surface area contributed by atoms with Gasteiger partial charge in [0, 0.05) is 11.5 Å². The van der Waals surface area contributed by atoms with Crippen molar-refractivity contribution in [2.45, 2.75) is 0 Å². The second-order valence-electron chi connectivity index (χ2n) is 6.35. The fraction of sp³-hybridized carbons (Fsp3) is 0.600. The summed E-state index contributed by atoms with van der Waals surface area (Å²) in [6.07, 6.45) is 0. The van der Waals surface area contributed by atoms with E-state index in [1.165, 1.54) is 46.2 Å². The van der Waals surface area contributed by atoms with Crippen LogP contribution in [-0.4, -0.2) is 90.5 Å². The molecule has 0 aromatic carbocycles. The first-order valence-electron chi connectivity index (χ1n) is 10.3. The van der Waals surface area contributed by atoms with Gasteiger partial charge in [-0.25, -0.2) is 9.59 Å². The lowest BCUT2D eigenvalue weighted by atomic mass is 10.5. The fourth-order valence-corrected chi connectivity index (χ4v) is 11.0. The summed E-state index contributed by atoms with van der Waals surface area (Å²) in [6.45, 7) is 4.53. The molecule has 3 rings (SSSR count). The zero-order valence-electron chi connectivity index (χ0n) is 18.8. The first-order valence-corrected chi connectivity index (χ1v) is 15.5. The number of carbonyl (C=O) groups excluding carboxylic acids is 2. The van der Waals surface area contributed by atoms with E-state index < -0.39 is 11.9 Å². The first-order chi connectivity index (χ1) is 16.6. The summed E-state index contributed by atoms with van der Waals surface area (Å²) in [7, 11) is 2.61. The Labute approximate surface area is 224 Å². The van der Waals surface area contributed by atoms with Gasteiger partial charge in [-0.15, -0.1) is 23.5 Å². The molecule has 0 aromatic heterocycles. The number of thioether (sulfide) groups is 6. The predicted octanol–water partition coefficient (Wildman–Crippen LogP) is 4.30. The van der Waals surface area contributed by atoms with Crippen LogP contribution in [0.1, 0.15) is 0 Å². The molecule has 0 fully saturated rings. The number of hydrogen-bond donors (Lipinski definition) is 0. The molecule has 0 atom stereocenters. The van der Waals surface area contributed by atoms with Crippen LogP contribution in [0.15, 0.2) is 26.8 Å². The highest BCUT2D eigenvalue weighted by atomic mass is 32.3. The van der Waals surface area contributed by atoms with E-state index in [0.717, 1.165) is 20.0 Å². The van der Waals surface area contributed by atoms with Gasteiger partial charge in [0.2, 0.25) is 0 Å². The summed E-state index contributed by atoms with van der Waals surface area (Å²) >= 11 is 9.33. The Bertz CT molecular complexity index is 766. The minimum atomic E-state index is -0.537. The molecule has 34 heavy (non-hydrogen) atoms. The number of rotatable bonds is 2. The normalized spacial score (nSPS) is 22.3. The minimum absolute atomic E-state index is 0.266. The summed E-state index contributed by atoms with van der Waals surface area (Å²) < 4.78 is 36.4. The smallest absolute Gasteiger partial charge is 0.346 e. The maximum atomic E-state index is 12.2. The molecule has 190 valence electrons. The van der Waals surface area contributed by atoms with Gasteiger partial charge in [-0.3, -0.25) is 0 Å². The molecule has 0 bridgehead atoms. The largest absolute Gasteiger partial charge is 0.465 e. The summed E-state index contributed by atoms with van der Waals surface area (Å²) in [5, 5.41) is 0. The van der Waals surface area contributed by atoms with Crippen molar-refractivity contribution in [1.82, 2.24) is 0 Å². The highest BCUT2D eigenvalue weighted by Crippen LogP contribution is 2.63. The van der Waals surface area contributed by atoms with Crippen LogP contribution in [0.4, 0.5) is 0 Å². The van der Waals surface area contributed by atoms with Crippen LogP contribution in [0.2, 0.25) is 0 Å². The number of hydrogen-bond acceptors (Lipinski definition) is 14. The lowest BCUT2D eigenvalue weighted by Gasteiger charge is -2.09. The van der Waals surface area contributed by atoms with Crippen LogP contribution in [0.25, 0.3) is 0 Å². The molecule has 3 aliphatic heterocycles. The number of ether oxygens (including phenoxy) is 6. The van der Waals surface area contributed by atoms with Gasteiger partial charge in [0.15, 0.2) is 0 Å². The molecule has 0 radical (unpaired) electrons. The average Bonchev–Trinajstić information content (AvgIpc) is 3.47. The third-order valence-electron chi connectivity index (χ3n) is 4.08. The van der Waals surface area contributed by atoms with Crippen molar-refractivity contribution in [1.29, 1.82) is 0 Å². The van der Waals surface area contributed by atoms with Crippen LogP contribution in [0.3, 0.4) is 0 Å². The van der Waals surface area contributed by atoms with Crippen molar-refractivity contribution in [3.63, 3.8) is 0 Å². The van der Waals surface area contributed by atoms with E-state index in [0.29, 0.717) is 52.9 Å². The van der Waals surface area contributed by atoms with Crippen molar-refractivity contribution >= 4 is 82.5 Å². The molecule has 0 spiro atoms. The van der Waals surface area contributed by atoms with E-state index >= 15 is 0 Å². The first kappa shape index (κ1) is 28.7. The molecule has 3 aliphatic rings. The van der Waals surface area contributed by atoms with Crippen molar-refractivity contribution in [3.8, 4) is 0 Å². The highest BCUT2D eigenvalue weighted by Gasteiger charge is 2.36. The number of esters is 2. The van der Waals surface area contributed by atoms with Crippen LogP contribution in [-0.2, 0) is 38.0 Å². The van der Waals surface area contributed by atoms with Gasteiger partial charge >= 0.3 is 11.9 Å². The molecular formula is C20H26O8S6. The molecule has 0 unspecified atom stereocenters. The van der Waals surface area contributed by atoms with Gasteiger partial charge < -0.3 is 28.4 Å². The van der Waals surface area contributed by atoms with Crippen molar-refractivity contribution < 1.29 is 38.0 Å². The highest BCUT2D eigenvalue weighted by molar-refractivity contribution is 8.42. The molecule has 0 saturated carbocycles. The Kier molecular flexibility index (Phi) is 13.5. The lowest BCUT2D eigenvalue weighted by molar-refractivity contribution is -0.138. The lowest BCUT2D eigenvalue weighted by Crippen LogP contribution is -2.13. The van der Waals surface area contributed by atoms with Crippen LogP contribution < -0.4 is 0 Å². The summed E-state index contributed by atoms with van der Waals surface area (Å²) in [4.78, 5) is 25.0.